The standard InChI is InChI=1S/C15H18F3N3O2S/c1-2-7-21(12-5-6-20-10-12)24(22,23)13-4-3-11(9-19)14(8-13)15(16,17)18/h3-4,8,12,20H,2,5-7,10H2,1H3. The molecule has 0 radical (unpaired) electrons. The zero-order valence-corrected chi connectivity index (χ0v) is 13.9. The quantitative estimate of drug-likeness (QED) is 0.874. The lowest BCUT2D eigenvalue weighted by atomic mass is 10.1. The van der Waals surface area contributed by atoms with Gasteiger partial charge in [0.1, 0.15) is 0 Å². The van der Waals surface area contributed by atoms with Gasteiger partial charge in [-0.3, -0.25) is 0 Å². The summed E-state index contributed by atoms with van der Waals surface area (Å²) in [6.45, 7) is 3.18. The molecule has 1 aromatic carbocycles. The molecule has 1 heterocycles. The highest BCUT2D eigenvalue weighted by Crippen LogP contribution is 2.34. The molecule has 0 aliphatic carbocycles. The summed E-state index contributed by atoms with van der Waals surface area (Å²) >= 11 is 0. The molecule has 1 saturated heterocycles. The third kappa shape index (κ3) is 3.71. The van der Waals surface area contributed by atoms with Gasteiger partial charge < -0.3 is 5.32 Å². The smallest absolute Gasteiger partial charge is 0.315 e. The first-order valence-corrected chi connectivity index (χ1v) is 8.99. The summed E-state index contributed by atoms with van der Waals surface area (Å²) in [6, 6.07) is 3.70. The Balaban J connectivity index is 2.49. The molecule has 1 atom stereocenters. The second kappa shape index (κ2) is 7.09. The Labute approximate surface area is 139 Å². The van der Waals surface area contributed by atoms with Gasteiger partial charge in [0.2, 0.25) is 10.0 Å². The number of hydrogen-bond acceptors (Lipinski definition) is 4. The molecule has 2 rings (SSSR count). The average molecular weight is 361 g/mol. The largest absolute Gasteiger partial charge is 0.417 e. The lowest BCUT2D eigenvalue weighted by Gasteiger charge is -2.27. The van der Waals surface area contributed by atoms with Gasteiger partial charge in [0.05, 0.1) is 22.1 Å². The summed E-state index contributed by atoms with van der Waals surface area (Å²) < 4.78 is 66.2. The molecule has 0 amide bonds. The molecule has 24 heavy (non-hydrogen) atoms. The van der Waals surface area contributed by atoms with E-state index in [4.69, 9.17) is 5.26 Å². The second-order valence-electron chi connectivity index (χ2n) is 5.58. The van der Waals surface area contributed by atoms with Crippen molar-refractivity contribution in [2.75, 3.05) is 19.6 Å². The molecule has 0 aromatic heterocycles. The van der Waals surface area contributed by atoms with Gasteiger partial charge in [-0.15, -0.1) is 0 Å². The van der Waals surface area contributed by atoms with E-state index in [-0.39, 0.29) is 12.6 Å². The Hall–Kier alpha value is -1.63. The molecule has 132 valence electrons. The first-order valence-electron chi connectivity index (χ1n) is 7.55. The zero-order valence-electron chi connectivity index (χ0n) is 13.1. The van der Waals surface area contributed by atoms with E-state index in [9.17, 15) is 21.6 Å². The van der Waals surface area contributed by atoms with E-state index in [1.165, 1.54) is 10.4 Å². The van der Waals surface area contributed by atoms with Crippen LogP contribution in [0.15, 0.2) is 23.1 Å². The third-order valence-electron chi connectivity index (χ3n) is 3.91. The lowest BCUT2D eigenvalue weighted by molar-refractivity contribution is -0.137. The number of benzene rings is 1. The van der Waals surface area contributed by atoms with E-state index < -0.39 is 32.2 Å². The maximum atomic E-state index is 13.1. The zero-order chi connectivity index (χ0) is 18.0. The first-order chi connectivity index (χ1) is 11.2. The monoisotopic (exact) mass is 361 g/mol. The molecule has 0 bridgehead atoms. The van der Waals surface area contributed by atoms with E-state index >= 15 is 0 Å². The Bertz CT molecular complexity index is 735. The van der Waals surface area contributed by atoms with Gasteiger partial charge in [0, 0.05) is 19.1 Å². The van der Waals surface area contributed by atoms with E-state index in [0.717, 1.165) is 12.1 Å². The van der Waals surface area contributed by atoms with E-state index in [2.05, 4.69) is 5.32 Å². The van der Waals surface area contributed by atoms with Gasteiger partial charge in [0.25, 0.3) is 0 Å². The number of nitriles is 1. The molecular weight excluding hydrogens is 343 g/mol. The van der Waals surface area contributed by atoms with E-state index in [1.54, 1.807) is 0 Å². The molecular formula is C15H18F3N3O2S. The Morgan fingerprint density at radius 1 is 1.42 bits per heavy atom. The predicted octanol–water partition coefficient (Wildman–Crippen LogP) is 2.34. The highest BCUT2D eigenvalue weighted by atomic mass is 32.2. The van der Waals surface area contributed by atoms with Crippen LogP contribution in [0.2, 0.25) is 0 Å². The topological polar surface area (TPSA) is 73.2 Å². The fraction of sp³-hybridized carbons (Fsp3) is 0.533. The van der Waals surface area contributed by atoms with Crippen LogP contribution in [0.4, 0.5) is 13.2 Å². The lowest BCUT2D eigenvalue weighted by Crippen LogP contribution is -2.42. The van der Waals surface area contributed by atoms with Gasteiger partial charge >= 0.3 is 6.18 Å². The van der Waals surface area contributed by atoms with Crippen molar-refractivity contribution in [1.82, 2.24) is 9.62 Å². The molecule has 1 aromatic rings. The highest BCUT2D eigenvalue weighted by molar-refractivity contribution is 7.89. The number of halogens is 3. The van der Waals surface area contributed by atoms with Gasteiger partial charge in [-0.25, -0.2) is 8.42 Å². The third-order valence-corrected chi connectivity index (χ3v) is 5.86. The predicted molar refractivity (Wildman–Crippen MR) is 81.6 cm³/mol. The van der Waals surface area contributed by atoms with Crippen LogP contribution < -0.4 is 5.32 Å². The van der Waals surface area contributed by atoms with Crippen molar-refractivity contribution < 1.29 is 21.6 Å². The Kier molecular flexibility index (Phi) is 5.52. The van der Waals surface area contributed by atoms with Gasteiger partial charge in [-0.2, -0.15) is 22.7 Å². The van der Waals surface area contributed by atoms with Crippen molar-refractivity contribution >= 4 is 10.0 Å². The summed E-state index contributed by atoms with van der Waals surface area (Å²) in [5.41, 5.74) is -1.82. The van der Waals surface area contributed by atoms with Crippen LogP contribution in [0, 0.1) is 11.3 Å². The maximum absolute atomic E-state index is 13.1. The summed E-state index contributed by atoms with van der Waals surface area (Å²) in [5.74, 6) is 0. The van der Waals surface area contributed by atoms with Crippen LogP contribution in [0.1, 0.15) is 30.9 Å². The van der Waals surface area contributed by atoms with Crippen molar-refractivity contribution in [2.45, 2.75) is 36.9 Å². The average Bonchev–Trinajstić information content (AvgIpc) is 3.04. The number of nitrogens with zero attached hydrogens (tertiary/aromatic N) is 2. The molecule has 0 saturated carbocycles. The summed E-state index contributed by atoms with van der Waals surface area (Å²) in [6.07, 6.45) is -3.62. The van der Waals surface area contributed by atoms with Crippen molar-refractivity contribution in [3.63, 3.8) is 0 Å². The van der Waals surface area contributed by atoms with Crippen molar-refractivity contribution in [2.24, 2.45) is 0 Å². The molecule has 1 aliphatic heterocycles. The molecule has 0 spiro atoms. The van der Waals surface area contributed by atoms with E-state index in [0.29, 0.717) is 32.0 Å². The molecule has 1 unspecified atom stereocenters. The van der Waals surface area contributed by atoms with Gasteiger partial charge in [-0.1, -0.05) is 6.92 Å². The first kappa shape index (κ1) is 18.7. The minimum Gasteiger partial charge on any atom is -0.315 e. The fourth-order valence-electron chi connectivity index (χ4n) is 2.76. The van der Waals surface area contributed by atoms with Gasteiger partial charge in [0.15, 0.2) is 0 Å². The summed E-state index contributed by atoms with van der Waals surface area (Å²) in [4.78, 5) is -0.436. The fourth-order valence-corrected chi connectivity index (χ4v) is 4.53. The normalized spacial score (nSPS) is 18.8. The number of alkyl halides is 3. The number of rotatable bonds is 5. The number of hydrogen-bond donors (Lipinski definition) is 1. The SMILES string of the molecule is CCCN(C1CCNC1)S(=O)(=O)c1ccc(C#N)c(C(F)(F)F)c1. The van der Waals surface area contributed by atoms with Crippen LogP contribution in [0.3, 0.4) is 0 Å². The van der Waals surface area contributed by atoms with Crippen LogP contribution in [-0.4, -0.2) is 38.4 Å². The van der Waals surface area contributed by atoms with Crippen molar-refractivity contribution in [3.05, 3.63) is 29.3 Å². The van der Waals surface area contributed by atoms with Crippen LogP contribution in [0.25, 0.3) is 0 Å². The molecule has 9 heteroatoms. The minimum absolute atomic E-state index is 0.232. The number of nitrogens with one attached hydrogen (secondary N) is 1. The summed E-state index contributed by atoms with van der Waals surface area (Å²) in [7, 11) is -4.07. The number of sulfonamides is 1. The molecule has 5 nitrogen and oxygen atoms in total. The molecule has 1 fully saturated rings. The molecule has 1 N–H and O–H groups in total. The van der Waals surface area contributed by atoms with Crippen LogP contribution >= 0.6 is 0 Å². The summed E-state index contributed by atoms with van der Waals surface area (Å²) in [5, 5.41) is 11.9. The van der Waals surface area contributed by atoms with Crippen molar-refractivity contribution in [1.29, 1.82) is 5.26 Å². The highest BCUT2D eigenvalue weighted by Gasteiger charge is 2.37. The molecule has 1 aliphatic rings. The Morgan fingerprint density at radius 3 is 2.62 bits per heavy atom. The Morgan fingerprint density at radius 2 is 2.12 bits per heavy atom. The minimum atomic E-state index is -4.79. The van der Waals surface area contributed by atoms with Crippen molar-refractivity contribution in [3.8, 4) is 6.07 Å². The van der Waals surface area contributed by atoms with Crippen LogP contribution in [0.5, 0.6) is 0 Å². The maximum Gasteiger partial charge on any atom is 0.417 e. The van der Waals surface area contributed by atoms with Gasteiger partial charge in [-0.05, 0) is 37.6 Å². The van der Waals surface area contributed by atoms with Crippen LogP contribution in [-0.2, 0) is 16.2 Å². The second-order valence-corrected chi connectivity index (χ2v) is 7.47. The van der Waals surface area contributed by atoms with E-state index in [1.807, 2.05) is 6.92 Å².